The number of benzene rings is 1. The van der Waals surface area contributed by atoms with Crippen molar-refractivity contribution < 1.29 is 13.9 Å². The average molecular weight is 371 g/mol. The van der Waals surface area contributed by atoms with Crippen molar-refractivity contribution in [2.45, 2.75) is 51.2 Å². The van der Waals surface area contributed by atoms with Gasteiger partial charge in [0.2, 0.25) is 0 Å². The van der Waals surface area contributed by atoms with Crippen molar-refractivity contribution in [3.05, 3.63) is 48.0 Å². The molecule has 0 radical (unpaired) electrons. The molecule has 2 atom stereocenters. The minimum atomic E-state index is -0.326. The summed E-state index contributed by atoms with van der Waals surface area (Å²) in [5.41, 5.74) is 1.09. The van der Waals surface area contributed by atoms with Crippen molar-refractivity contribution in [1.29, 1.82) is 0 Å². The Hall–Kier alpha value is -2.21. The topological polar surface area (TPSA) is 47.4 Å². The van der Waals surface area contributed by atoms with Crippen molar-refractivity contribution in [3.8, 4) is 5.69 Å². The second kappa shape index (κ2) is 7.08. The Bertz CT molecular complexity index is 828. The van der Waals surface area contributed by atoms with Crippen molar-refractivity contribution in [2.75, 3.05) is 13.7 Å². The van der Waals surface area contributed by atoms with Crippen LogP contribution in [0.1, 0.15) is 49.5 Å². The molecule has 6 heteroatoms. The number of aromatic nitrogens is 2. The molecule has 2 aliphatic carbocycles. The van der Waals surface area contributed by atoms with Gasteiger partial charge in [0, 0.05) is 31.3 Å². The van der Waals surface area contributed by atoms with Gasteiger partial charge in [-0.1, -0.05) is 18.9 Å². The van der Waals surface area contributed by atoms with E-state index in [2.05, 4.69) is 5.10 Å². The molecule has 2 aromatic rings. The Labute approximate surface area is 159 Å². The van der Waals surface area contributed by atoms with Crippen LogP contribution in [-0.4, -0.2) is 46.4 Å². The number of ether oxygens (including phenoxy) is 1. The molecule has 0 bridgehead atoms. The molecule has 1 spiro atoms. The molecule has 5 nitrogen and oxygen atoms in total. The van der Waals surface area contributed by atoms with Crippen LogP contribution in [-0.2, 0) is 4.74 Å². The normalized spacial score (nSPS) is 23.4. The van der Waals surface area contributed by atoms with Crippen LogP contribution in [0.2, 0.25) is 0 Å². The Morgan fingerprint density at radius 1 is 1.37 bits per heavy atom. The van der Waals surface area contributed by atoms with E-state index in [-0.39, 0.29) is 29.3 Å². The maximum absolute atomic E-state index is 13.4. The zero-order valence-electron chi connectivity index (χ0n) is 15.9. The molecule has 2 saturated carbocycles. The molecule has 1 aromatic heterocycles. The third kappa shape index (κ3) is 3.06. The SMILES string of the molecule is CCO[C@H]1C[C@@H](N(C)C(=O)c2ccn(-c3cccc(F)c3)n2)C12CCCC2. The summed E-state index contributed by atoms with van der Waals surface area (Å²) in [5, 5.41) is 4.38. The highest BCUT2D eigenvalue weighted by Crippen LogP contribution is 2.56. The molecule has 1 aromatic carbocycles. The number of carbonyl (C=O) groups excluding carboxylic acids is 1. The van der Waals surface area contributed by atoms with Crippen molar-refractivity contribution >= 4 is 5.91 Å². The van der Waals surface area contributed by atoms with E-state index in [9.17, 15) is 9.18 Å². The fourth-order valence-electron chi connectivity index (χ4n) is 4.92. The van der Waals surface area contributed by atoms with E-state index >= 15 is 0 Å². The van der Waals surface area contributed by atoms with E-state index in [1.165, 1.54) is 25.0 Å². The summed E-state index contributed by atoms with van der Waals surface area (Å²) >= 11 is 0. The van der Waals surface area contributed by atoms with Gasteiger partial charge in [0.15, 0.2) is 5.69 Å². The Balaban J connectivity index is 1.52. The lowest BCUT2D eigenvalue weighted by atomic mass is 9.60. The van der Waals surface area contributed by atoms with Gasteiger partial charge < -0.3 is 9.64 Å². The first kappa shape index (κ1) is 18.2. The summed E-state index contributed by atoms with van der Waals surface area (Å²) in [4.78, 5) is 14.9. The van der Waals surface area contributed by atoms with Crippen LogP contribution in [0.4, 0.5) is 4.39 Å². The number of halogens is 1. The molecule has 4 rings (SSSR count). The fraction of sp³-hybridized carbons (Fsp3) is 0.524. The van der Waals surface area contributed by atoms with Gasteiger partial charge in [-0.2, -0.15) is 5.10 Å². The molecule has 1 heterocycles. The predicted molar refractivity (Wildman–Crippen MR) is 100 cm³/mol. The monoisotopic (exact) mass is 371 g/mol. The third-order valence-electron chi connectivity index (χ3n) is 6.31. The van der Waals surface area contributed by atoms with Crippen molar-refractivity contribution in [1.82, 2.24) is 14.7 Å². The highest BCUT2D eigenvalue weighted by atomic mass is 19.1. The molecule has 0 aliphatic heterocycles. The van der Waals surface area contributed by atoms with Gasteiger partial charge in [-0.05, 0) is 50.5 Å². The first-order valence-electron chi connectivity index (χ1n) is 9.75. The first-order valence-corrected chi connectivity index (χ1v) is 9.75. The van der Waals surface area contributed by atoms with Crippen LogP contribution in [0.3, 0.4) is 0 Å². The van der Waals surface area contributed by atoms with Gasteiger partial charge in [0.1, 0.15) is 5.82 Å². The van der Waals surface area contributed by atoms with Crippen LogP contribution in [0.5, 0.6) is 0 Å². The second-order valence-electron chi connectivity index (χ2n) is 7.68. The van der Waals surface area contributed by atoms with Crippen LogP contribution >= 0.6 is 0 Å². The van der Waals surface area contributed by atoms with Crippen LogP contribution in [0, 0.1) is 11.2 Å². The van der Waals surface area contributed by atoms with Crippen LogP contribution < -0.4 is 0 Å². The Morgan fingerprint density at radius 2 is 2.15 bits per heavy atom. The largest absolute Gasteiger partial charge is 0.378 e. The number of carbonyl (C=O) groups is 1. The van der Waals surface area contributed by atoms with E-state index in [0.29, 0.717) is 11.4 Å². The van der Waals surface area contributed by atoms with Gasteiger partial charge in [-0.15, -0.1) is 0 Å². The van der Waals surface area contributed by atoms with Crippen LogP contribution in [0.15, 0.2) is 36.5 Å². The van der Waals surface area contributed by atoms with Gasteiger partial charge in [0.05, 0.1) is 11.8 Å². The number of amides is 1. The average Bonchev–Trinajstić information content (AvgIpc) is 3.35. The molecule has 2 fully saturated rings. The second-order valence-corrected chi connectivity index (χ2v) is 7.68. The minimum Gasteiger partial charge on any atom is -0.378 e. The van der Waals surface area contributed by atoms with Gasteiger partial charge >= 0.3 is 0 Å². The molecule has 1 amide bonds. The molecular formula is C21H26FN3O2. The third-order valence-corrected chi connectivity index (χ3v) is 6.31. The molecular weight excluding hydrogens is 345 g/mol. The Kier molecular flexibility index (Phi) is 4.76. The quantitative estimate of drug-likeness (QED) is 0.803. The number of rotatable bonds is 5. The molecule has 0 N–H and O–H groups in total. The lowest BCUT2D eigenvalue weighted by molar-refractivity contribution is -0.152. The minimum absolute atomic E-state index is 0.0867. The molecule has 144 valence electrons. The molecule has 0 saturated heterocycles. The maximum Gasteiger partial charge on any atom is 0.274 e. The van der Waals surface area contributed by atoms with Crippen molar-refractivity contribution in [3.63, 3.8) is 0 Å². The van der Waals surface area contributed by atoms with E-state index in [1.807, 2.05) is 18.9 Å². The van der Waals surface area contributed by atoms with Gasteiger partial charge in [-0.3, -0.25) is 4.79 Å². The van der Waals surface area contributed by atoms with E-state index < -0.39 is 0 Å². The lowest BCUT2D eigenvalue weighted by Crippen LogP contribution is -2.64. The van der Waals surface area contributed by atoms with E-state index in [1.54, 1.807) is 29.1 Å². The van der Waals surface area contributed by atoms with E-state index in [4.69, 9.17) is 4.74 Å². The molecule has 0 unspecified atom stereocenters. The number of hydrogen-bond donors (Lipinski definition) is 0. The summed E-state index contributed by atoms with van der Waals surface area (Å²) in [6.45, 7) is 2.75. The summed E-state index contributed by atoms with van der Waals surface area (Å²) in [5.74, 6) is -0.413. The summed E-state index contributed by atoms with van der Waals surface area (Å²) in [7, 11) is 1.87. The van der Waals surface area contributed by atoms with Crippen molar-refractivity contribution in [2.24, 2.45) is 5.41 Å². The standard InChI is InChI=1S/C21H26FN3O2/c1-3-27-19-14-18(21(19)10-4-5-11-21)24(2)20(26)17-9-12-25(23-17)16-8-6-7-15(22)13-16/h6-9,12-13,18-19H,3-5,10-11,14H2,1-2H3/t18-,19+/m1/s1. The number of nitrogens with zero attached hydrogens (tertiary/aromatic N) is 3. The summed E-state index contributed by atoms with van der Waals surface area (Å²) < 4.78 is 20.9. The van der Waals surface area contributed by atoms with Crippen LogP contribution in [0.25, 0.3) is 5.69 Å². The zero-order valence-corrected chi connectivity index (χ0v) is 15.9. The first-order chi connectivity index (χ1) is 13.0. The predicted octanol–water partition coefficient (Wildman–Crippen LogP) is 3.82. The lowest BCUT2D eigenvalue weighted by Gasteiger charge is -2.56. The Morgan fingerprint density at radius 3 is 2.85 bits per heavy atom. The van der Waals surface area contributed by atoms with Gasteiger partial charge in [-0.25, -0.2) is 9.07 Å². The summed E-state index contributed by atoms with van der Waals surface area (Å²) in [6, 6.07) is 8.08. The maximum atomic E-state index is 13.4. The number of hydrogen-bond acceptors (Lipinski definition) is 3. The van der Waals surface area contributed by atoms with Gasteiger partial charge in [0.25, 0.3) is 5.91 Å². The zero-order chi connectivity index (χ0) is 19.0. The smallest absolute Gasteiger partial charge is 0.274 e. The highest BCUT2D eigenvalue weighted by Gasteiger charge is 2.58. The van der Waals surface area contributed by atoms with E-state index in [0.717, 1.165) is 25.9 Å². The fourth-order valence-corrected chi connectivity index (χ4v) is 4.92. The highest BCUT2D eigenvalue weighted by molar-refractivity contribution is 5.92. The molecule has 2 aliphatic rings. The molecule has 27 heavy (non-hydrogen) atoms. The summed E-state index contributed by atoms with van der Waals surface area (Å²) in [6.07, 6.45) is 7.50.